The first-order chi connectivity index (χ1) is 30.2. The van der Waals surface area contributed by atoms with Crippen LogP contribution in [0.3, 0.4) is 0 Å². The van der Waals surface area contributed by atoms with Gasteiger partial charge in [-0.2, -0.15) is 11.8 Å². The number of carboxylic acid groups (broad SMARTS) is 1. The molecule has 354 valence electrons. The van der Waals surface area contributed by atoms with E-state index in [1.807, 2.05) is 24.3 Å². The van der Waals surface area contributed by atoms with Crippen molar-refractivity contribution in [3.8, 4) is 0 Å². The highest BCUT2D eigenvalue weighted by Gasteiger charge is 2.39. The molecule has 1 saturated heterocycles. The molecular weight excluding hydrogens is 853 g/mol. The summed E-state index contributed by atoms with van der Waals surface area (Å²) in [5.74, 6) is -7.40. The summed E-state index contributed by atoms with van der Waals surface area (Å²) in [5.41, 5.74) is 18.9. The molecule has 22 nitrogen and oxygen atoms in total. The second-order valence-electron chi connectivity index (χ2n) is 16.2. The van der Waals surface area contributed by atoms with E-state index in [2.05, 4.69) is 36.9 Å². The molecule has 2 heterocycles. The van der Waals surface area contributed by atoms with E-state index in [4.69, 9.17) is 22.6 Å². The third-order valence-corrected chi connectivity index (χ3v) is 11.2. The molecule has 1 aliphatic rings. The lowest BCUT2D eigenvalue weighted by atomic mass is 10.0. The van der Waals surface area contributed by atoms with Crippen molar-refractivity contribution in [1.82, 2.24) is 41.8 Å². The van der Waals surface area contributed by atoms with Gasteiger partial charge in [-0.15, -0.1) is 0 Å². The Morgan fingerprint density at radius 1 is 0.891 bits per heavy atom. The number of fused-ring (bicyclic) bond motifs is 1. The van der Waals surface area contributed by atoms with Gasteiger partial charge in [0.05, 0.1) is 18.6 Å². The standard InChI is InChI=1S/C41H64N12O10S/c1-21(2)17-29(36(58)52-33(22(3)54)38(60)51-30(19-32(43)55)35(57)49-28(40(62)63)13-16-64-4)50-34(56)27(11-7-14-46-41(44)45)48-37(59)31-12-8-15-53(31)39(61)25(42)18-23-20-47-26-10-6-5-9-24(23)26/h5-6,9-10,20-22,25,27-31,33,47,54H,7-8,11-19,42H2,1-4H3,(H2,43,55)(H,48,59)(H,49,57)(H,50,56)(H,51,60)(H,52,58)(H,62,63)(H4,44,45,46)/t22-,25+,27+,28+,29+,30+,31+,33+/m1/s1. The second kappa shape index (κ2) is 25.4. The van der Waals surface area contributed by atoms with Crippen molar-refractivity contribution in [2.45, 2.75) is 121 Å². The number of aliphatic hydroxyl groups is 1. The number of carbonyl (C=O) groups is 8. The predicted molar refractivity (Wildman–Crippen MR) is 239 cm³/mol. The van der Waals surface area contributed by atoms with Gasteiger partial charge in [0.2, 0.25) is 41.4 Å². The number of amides is 7. The maximum absolute atomic E-state index is 14.0. The number of hydrogen-bond donors (Lipinski definition) is 13. The molecule has 0 unspecified atom stereocenters. The number of aromatic amines is 1. The monoisotopic (exact) mass is 916 g/mol. The number of aliphatic carboxylic acids is 1. The van der Waals surface area contributed by atoms with Gasteiger partial charge in [0, 0.05) is 30.2 Å². The van der Waals surface area contributed by atoms with Gasteiger partial charge >= 0.3 is 5.97 Å². The van der Waals surface area contributed by atoms with Crippen LogP contribution in [0.5, 0.6) is 0 Å². The van der Waals surface area contributed by atoms with Crippen LogP contribution >= 0.6 is 11.8 Å². The van der Waals surface area contributed by atoms with Crippen LogP contribution in [0.1, 0.15) is 71.3 Å². The number of carbonyl (C=O) groups excluding carboxylic acids is 7. The van der Waals surface area contributed by atoms with Gasteiger partial charge in [-0.1, -0.05) is 32.0 Å². The molecule has 3 rings (SSSR count). The summed E-state index contributed by atoms with van der Waals surface area (Å²) in [6.07, 6.45) is 2.54. The van der Waals surface area contributed by atoms with Crippen LogP contribution in [0.2, 0.25) is 0 Å². The van der Waals surface area contributed by atoms with Gasteiger partial charge in [0.1, 0.15) is 36.3 Å². The number of rotatable bonds is 26. The third kappa shape index (κ3) is 16.0. The smallest absolute Gasteiger partial charge is 0.326 e. The van der Waals surface area contributed by atoms with E-state index in [1.54, 1.807) is 26.3 Å². The Kier molecular flexibility index (Phi) is 20.8. The van der Waals surface area contributed by atoms with E-state index in [9.17, 15) is 48.6 Å². The fourth-order valence-electron chi connectivity index (χ4n) is 7.28. The highest BCUT2D eigenvalue weighted by atomic mass is 32.2. The van der Waals surface area contributed by atoms with Gasteiger partial charge in [0.15, 0.2) is 5.96 Å². The molecule has 0 saturated carbocycles. The quantitative estimate of drug-likeness (QED) is 0.0272. The number of hydrogen-bond acceptors (Lipinski definition) is 12. The first-order valence-corrected chi connectivity index (χ1v) is 22.5. The Morgan fingerprint density at radius 3 is 2.16 bits per heavy atom. The summed E-state index contributed by atoms with van der Waals surface area (Å²) in [6, 6.07) is -1.67. The van der Waals surface area contributed by atoms with E-state index in [1.165, 1.54) is 23.6 Å². The summed E-state index contributed by atoms with van der Waals surface area (Å²) in [5, 5.41) is 43.6. The maximum Gasteiger partial charge on any atom is 0.326 e. The SMILES string of the molecule is CSCC[C@H](NC(=O)[C@H](CC(N)=O)NC(=O)[C@@H](NC(=O)[C@H](CC(C)C)NC(=O)[C@H](CCCNC(=N)N)NC(=O)[C@@H]1CCCN1C(=O)[C@@H](N)Cc1c[nH]c2ccccc12)[C@@H](C)O)C(=O)O. The summed E-state index contributed by atoms with van der Waals surface area (Å²) in [4.78, 5) is 110. The molecule has 0 bridgehead atoms. The molecule has 7 amide bonds. The van der Waals surface area contributed by atoms with Crippen LogP contribution in [-0.4, -0.2) is 147 Å². The first kappa shape index (κ1) is 52.4. The zero-order valence-electron chi connectivity index (χ0n) is 36.6. The first-order valence-electron chi connectivity index (χ1n) is 21.1. The van der Waals surface area contributed by atoms with Crippen molar-refractivity contribution < 1.29 is 48.6 Å². The van der Waals surface area contributed by atoms with Gasteiger partial charge < -0.3 is 69.2 Å². The number of nitrogens with zero attached hydrogens (tertiary/aromatic N) is 1. The van der Waals surface area contributed by atoms with Crippen LogP contribution in [0, 0.1) is 11.3 Å². The number of benzene rings is 1. The number of para-hydroxylation sites is 1. The highest BCUT2D eigenvalue weighted by Crippen LogP contribution is 2.23. The van der Waals surface area contributed by atoms with Gasteiger partial charge in [0.25, 0.3) is 0 Å². The third-order valence-electron chi connectivity index (χ3n) is 10.6. The lowest BCUT2D eigenvalue weighted by molar-refractivity contribution is -0.142. The lowest BCUT2D eigenvalue weighted by Gasteiger charge is -2.30. The summed E-state index contributed by atoms with van der Waals surface area (Å²) < 4.78 is 0. The van der Waals surface area contributed by atoms with E-state index in [0.29, 0.717) is 18.6 Å². The van der Waals surface area contributed by atoms with E-state index in [-0.39, 0.29) is 57.1 Å². The predicted octanol–water partition coefficient (Wildman–Crippen LogP) is -2.14. The number of likely N-dealkylation sites (tertiary alicyclic amines) is 1. The molecular formula is C41H64N12O10S. The number of thioether (sulfide) groups is 1. The Balaban J connectivity index is 1.78. The molecule has 1 aromatic carbocycles. The number of primary amides is 1. The molecule has 23 heteroatoms. The molecule has 0 radical (unpaired) electrons. The van der Waals surface area contributed by atoms with E-state index >= 15 is 0 Å². The minimum absolute atomic E-state index is 0.0106. The van der Waals surface area contributed by atoms with Gasteiger partial charge in [-0.05, 0) is 81.4 Å². The molecule has 16 N–H and O–H groups in total. The molecule has 1 aromatic heterocycles. The summed E-state index contributed by atoms with van der Waals surface area (Å²) >= 11 is 1.34. The topological polar surface area (TPSA) is 370 Å². The Hall–Kier alpha value is -5.94. The fraction of sp³-hybridized carbons (Fsp3) is 0.585. The van der Waals surface area contributed by atoms with Gasteiger partial charge in [-0.3, -0.25) is 39.0 Å². The average Bonchev–Trinajstić information content (AvgIpc) is 3.88. The normalized spacial score (nSPS) is 16.9. The number of carboxylic acids is 1. The van der Waals surface area contributed by atoms with Crippen LogP contribution in [0.4, 0.5) is 0 Å². The molecule has 0 aliphatic carbocycles. The largest absolute Gasteiger partial charge is 0.480 e. The Morgan fingerprint density at radius 2 is 1.53 bits per heavy atom. The van der Waals surface area contributed by atoms with Crippen LogP contribution < -0.4 is 49.1 Å². The Labute approximate surface area is 375 Å². The lowest BCUT2D eigenvalue weighted by Crippen LogP contribution is -2.62. The molecule has 1 fully saturated rings. The maximum atomic E-state index is 14.0. The minimum Gasteiger partial charge on any atom is -0.480 e. The number of nitrogens with one attached hydrogen (secondary N) is 8. The summed E-state index contributed by atoms with van der Waals surface area (Å²) in [7, 11) is 0. The zero-order chi connectivity index (χ0) is 47.7. The van der Waals surface area contributed by atoms with Crippen LogP contribution in [0.15, 0.2) is 30.5 Å². The Bertz CT molecular complexity index is 1980. The summed E-state index contributed by atoms with van der Waals surface area (Å²) in [6.45, 7) is 5.14. The van der Waals surface area contributed by atoms with Gasteiger partial charge in [-0.25, -0.2) is 4.79 Å². The number of aromatic nitrogens is 1. The van der Waals surface area contributed by atoms with Crippen molar-refractivity contribution in [1.29, 1.82) is 5.41 Å². The molecule has 1 aliphatic heterocycles. The van der Waals surface area contributed by atoms with Crippen molar-refractivity contribution in [2.24, 2.45) is 23.1 Å². The number of aliphatic hydroxyl groups excluding tert-OH is 1. The molecule has 8 atom stereocenters. The molecule has 64 heavy (non-hydrogen) atoms. The fourth-order valence-corrected chi connectivity index (χ4v) is 7.75. The zero-order valence-corrected chi connectivity index (χ0v) is 37.4. The number of H-pyrrole nitrogens is 1. The number of nitrogens with two attached hydrogens (primary N) is 3. The molecule has 2 aromatic rings. The van der Waals surface area contributed by atoms with Crippen LogP contribution in [-0.2, 0) is 44.8 Å². The van der Waals surface area contributed by atoms with Crippen LogP contribution in [0.25, 0.3) is 10.9 Å². The minimum atomic E-state index is -1.74. The highest BCUT2D eigenvalue weighted by molar-refractivity contribution is 7.98. The van der Waals surface area contributed by atoms with Crippen molar-refractivity contribution in [3.63, 3.8) is 0 Å². The average molecular weight is 917 g/mol. The van der Waals surface area contributed by atoms with Crippen molar-refractivity contribution >= 4 is 75.9 Å². The molecule has 0 spiro atoms. The van der Waals surface area contributed by atoms with E-state index < -0.39 is 102 Å². The van der Waals surface area contributed by atoms with Crippen molar-refractivity contribution in [2.75, 3.05) is 25.1 Å². The van der Waals surface area contributed by atoms with E-state index in [0.717, 1.165) is 16.5 Å². The number of guanidine groups is 1. The van der Waals surface area contributed by atoms with Crippen molar-refractivity contribution in [3.05, 3.63) is 36.0 Å². The second-order valence-corrected chi connectivity index (χ2v) is 17.2.